The molecule has 2 atom stereocenters. The molecular weight excluding hydrogens is 319 g/mol. The fourth-order valence-corrected chi connectivity index (χ4v) is 4.21. The van der Waals surface area contributed by atoms with Gasteiger partial charge in [0.2, 0.25) is 0 Å². The topological polar surface area (TPSA) is 29.1 Å². The number of nitrogens with one attached hydrogen (secondary N) is 1. The Kier molecular flexibility index (Phi) is 5.18. The first-order valence-electron chi connectivity index (χ1n) is 6.18. The predicted octanol–water partition coefficient (Wildman–Crippen LogP) is 3.84. The van der Waals surface area contributed by atoms with Crippen LogP contribution in [0.5, 0.6) is 0 Å². The summed E-state index contributed by atoms with van der Waals surface area (Å²) in [5, 5.41) is 4.76. The molecule has 0 saturated heterocycles. The van der Waals surface area contributed by atoms with Gasteiger partial charge in [-0.1, -0.05) is 18.2 Å². The molecule has 0 radical (unpaired) electrons. The van der Waals surface area contributed by atoms with E-state index in [0.717, 1.165) is 16.3 Å². The van der Waals surface area contributed by atoms with Crippen molar-refractivity contribution in [2.45, 2.75) is 16.4 Å². The van der Waals surface area contributed by atoms with Crippen molar-refractivity contribution in [3.63, 3.8) is 0 Å². The largest absolute Gasteiger partial charge is 0.416 e. The summed E-state index contributed by atoms with van der Waals surface area (Å²) in [5.74, 6) is 0.234. The van der Waals surface area contributed by atoms with Crippen LogP contribution in [0.4, 0.5) is 13.2 Å². The molecule has 0 spiro atoms. The molecule has 1 heterocycles. The standard InChI is InChI=1S/C14H14F3NOS2/c1-18-12(9-21(19)13-6-3-7-20-13)10-4-2-5-11(8-10)14(15,16)17/h2-8,12,18H,9H2,1H3. The van der Waals surface area contributed by atoms with E-state index in [1.807, 2.05) is 5.38 Å². The van der Waals surface area contributed by atoms with Crippen molar-refractivity contribution in [2.24, 2.45) is 0 Å². The summed E-state index contributed by atoms with van der Waals surface area (Å²) in [6, 6.07) is 8.30. The highest BCUT2D eigenvalue weighted by atomic mass is 32.2. The molecule has 0 aliphatic heterocycles. The highest BCUT2D eigenvalue weighted by Crippen LogP contribution is 2.31. The van der Waals surface area contributed by atoms with Crippen molar-refractivity contribution in [3.8, 4) is 0 Å². The highest BCUT2D eigenvalue weighted by molar-refractivity contribution is 7.87. The van der Waals surface area contributed by atoms with Crippen molar-refractivity contribution >= 4 is 22.1 Å². The molecule has 2 aromatic rings. The predicted molar refractivity (Wildman–Crippen MR) is 78.8 cm³/mol. The number of thiophene rings is 1. The van der Waals surface area contributed by atoms with Gasteiger partial charge in [-0.15, -0.1) is 11.3 Å². The van der Waals surface area contributed by atoms with Crippen molar-refractivity contribution in [3.05, 3.63) is 52.9 Å². The maximum absolute atomic E-state index is 12.7. The average molecular weight is 333 g/mol. The molecule has 2 unspecified atom stereocenters. The molecule has 0 fully saturated rings. The molecule has 0 amide bonds. The van der Waals surface area contributed by atoms with Crippen LogP contribution >= 0.6 is 11.3 Å². The molecule has 0 aliphatic carbocycles. The number of benzene rings is 1. The van der Waals surface area contributed by atoms with E-state index in [1.54, 1.807) is 25.2 Å². The third kappa shape index (κ3) is 4.15. The summed E-state index contributed by atoms with van der Waals surface area (Å²) in [6.45, 7) is 0. The van der Waals surface area contributed by atoms with E-state index in [0.29, 0.717) is 5.56 Å². The third-order valence-electron chi connectivity index (χ3n) is 3.00. The molecule has 0 aliphatic rings. The minimum atomic E-state index is -4.37. The van der Waals surface area contributed by atoms with Gasteiger partial charge in [0, 0.05) is 11.8 Å². The lowest BCUT2D eigenvalue weighted by Gasteiger charge is -2.17. The summed E-state index contributed by atoms with van der Waals surface area (Å²) in [6.07, 6.45) is -4.37. The lowest BCUT2D eigenvalue weighted by Crippen LogP contribution is -2.23. The summed E-state index contributed by atoms with van der Waals surface area (Å²) in [7, 11) is 0.414. The molecule has 1 N–H and O–H groups in total. The monoisotopic (exact) mass is 333 g/mol. The van der Waals surface area contributed by atoms with Crippen LogP contribution < -0.4 is 5.32 Å². The van der Waals surface area contributed by atoms with Gasteiger partial charge >= 0.3 is 6.18 Å². The second kappa shape index (κ2) is 6.72. The Morgan fingerprint density at radius 3 is 2.62 bits per heavy atom. The Morgan fingerprint density at radius 1 is 1.29 bits per heavy atom. The van der Waals surface area contributed by atoms with Gasteiger partial charge in [-0.2, -0.15) is 13.2 Å². The van der Waals surface area contributed by atoms with Gasteiger partial charge in [-0.3, -0.25) is 4.21 Å². The molecular formula is C14H14F3NOS2. The smallest absolute Gasteiger partial charge is 0.312 e. The van der Waals surface area contributed by atoms with Crippen molar-refractivity contribution in [2.75, 3.05) is 12.8 Å². The Labute approximate surface area is 127 Å². The Morgan fingerprint density at radius 2 is 2.05 bits per heavy atom. The highest BCUT2D eigenvalue weighted by Gasteiger charge is 2.31. The number of hydrogen-bond donors (Lipinski definition) is 1. The number of halogens is 3. The molecule has 0 saturated carbocycles. The van der Waals surface area contributed by atoms with E-state index in [9.17, 15) is 17.4 Å². The van der Waals surface area contributed by atoms with E-state index in [1.165, 1.54) is 17.4 Å². The van der Waals surface area contributed by atoms with Gasteiger partial charge in [-0.05, 0) is 36.2 Å². The summed E-state index contributed by atoms with van der Waals surface area (Å²) >= 11 is 1.38. The van der Waals surface area contributed by atoms with E-state index in [2.05, 4.69) is 5.32 Å². The quantitative estimate of drug-likeness (QED) is 0.901. The zero-order valence-electron chi connectivity index (χ0n) is 11.2. The zero-order valence-corrected chi connectivity index (χ0v) is 12.8. The van der Waals surface area contributed by atoms with Gasteiger partial charge in [-0.25, -0.2) is 0 Å². The van der Waals surface area contributed by atoms with Crippen LogP contribution in [0.1, 0.15) is 17.2 Å². The van der Waals surface area contributed by atoms with Gasteiger partial charge < -0.3 is 5.32 Å². The van der Waals surface area contributed by atoms with Crippen LogP contribution in [-0.4, -0.2) is 17.0 Å². The molecule has 2 rings (SSSR count). The summed E-state index contributed by atoms with van der Waals surface area (Å²) in [5.41, 5.74) is -0.209. The van der Waals surface area contributed by atoms with Crippen LogP contribution in [0.25, 0.3) is 0 Å². The number of rotatable bonds is 5. The van der Waals surface area contributed by atoms with Gasteiger partial charge in [0.25, 0.3) is 0 Å². The minimum Gasteiger partial charge on any atom is -0.312 e. The lowest BCUT2D eigenvalue weighted by atomic mass is 10.1. The van der Waals surface area contributed by atoms with E-state index in [4.69, 9.17) is 0 Å². The Hall–Kier alpha value is -1.18. The number of hydrogen-bond acceptors (Lipinski definition) is 3. The van der Waals surface area contributed by atoms with Crippen LogP contribution in [0.15, 0.2) is 46.0 Å². The Balaban J connectivity index is 2.20. The van der Waals surface area contributed by atoms with Crippen molar-refractivity contribution in [1.82, 2.24) is 5.32 Å². The van der Waals surface area contributed by atoms with Gasteiger partial charge in [0.1, 0.15) is 0 Å². The fourth-order valence-electron chi connectivity index (χ4n) is 1.90. The molecule has 21 heavy (non-hydrogen) atoms. The van der Waals surface area contributed by atoms with E-state index in [-0.39, 0.29) is 5.75 Å². The fraction of sp³-hybridized carbons (Fsp3) is 0.286. The lowest BCUT2D eigenvalue weighted by molar-refractivity contribution is -0.137. The second-order valence-electron chi connectivity index (χ2n) is 4.41. The maximum atomic E-state index is 12.7. The van der Waals surface area contributed by atoms with Gasteiger partial charge in [0.05, 0.1) is 20.6 Å². The molecule has 2 nitrogen and oxygen atoms in total. The first-order valence-corrected chi connectivity index (χ1v) is 8.38. The molecule has 114 valence electrons. The average Bonchev–Trinajstić information content (AvgIpc) is 2.98. The first kappa shape index (κ1) is 16.2. The van der Waals surface area contributed by atoms with Crippen molar-refractivity contribution < 1.29 is 17.4 Å². The summed E-state index contributed by atoms with van der Waals surface area (Å²) < 4.78 is 51.1. The van der Waals surface area contributed by atoms with Crippen LogP contribution in [0.3, 0.4) is 0 Å². The molecule has 7 heteroatoms. The van der Waals surface area contributed by atoms with Crippen LogP contribution in [0.2, 0.25) is 0 Å². The van der Waals surface area contributed by atoms with Gasteiger partial charge in [0.15, 0.2) is 0 Å². The SMILES string of the molecule is CNC(CS(=O)c1cccs1)c1cccc(C(F)(F)F)c1. The number of alkyl halides is 3. The molecule has 0 bridgehead atoms. The van der Waals surface area contributed by atoms with Crippen LogP contribution in [0, 0.1) is 0 Å². The Bertz CT molecular complexity index is 611. The van der Waals surface area contributed by atoms with Crippen LogP contribution in [-0.2, 0) is 17.0 Å². The molecule has 1 aromatic heterocycles. The zero-order chi connectivity index (χ0) is 15.5. The van der Waals surface area contributed by atoms with E-state index >= 15 is 0 Å². The molecule has 1 aromatic carbocycles. The normalized spacial score (nSPS) is 14.9. The maximum Gasteiger partial charge on any atom is 0.416 e. The third-order valence-corrected chi connectivity index (χ3v) is 5.73. The first-order chi connectivity index (χ1) is 9.91. The second-order valence-corrected chi connectivity index (χ2v) is 7.08. The minimum absolute atomic E-state index is 0.234. The summed E-state index contributed by atoms with van der Waals surface area (Å²) in [4.78, 5) is 0. The van der Waals surface area contributed by atoms with Crippen molar-refractivity contribution in [1.29, 1.82) is 0 Å². The van der Waals surface area contributed by atoms with E-state index < -0.39 is 28.6 Å².